The van der Waals surface area contributed by atoms with E-state index in [0.29, 0.717) is 5.57 Å². The number of rotatable bonds is 5. The first-order chi connectivity index (χ1) is 5.54. The molecule has 0 aliphatic rings. The Morgan fingerprint density at radius 3 is 2.58 bits per heavy atom. The van der Waals surface area contributed by atoms with Gasteiger partial charge in [-0.3, -0.25) is 9.00 Å². The minimum Gasteiger partial charge on any atom is -0.760 e. The fourth-order valence-electron chi connectivity index (χ4n) is 0.461. The molecule has 0 aromatic heterocycles. The van der Waals surface area contributed by atoms with Gasteiger partial charge in [-0.25, -0.2) is 4.72 Å². The first-order valence-corrected chi connectivity index (χ1v) is 4.38. The van der Waals surface area contributed by atoms with Gasteiger partial charge in [0.15, 0.2) is 0 Å². The second-order valence-corrected chi connectivity index (χ2v) is 2.92. The molecule has 0 aliphatic carbocycles. The van der Waals surface area contributed by atoms with E-state index in [2.05, 4.69) is 16.6 Å². The second kappa shape index (κ2) is 5.87. The summed E-state index contributed by atoms with van der Waals surface area (Å²) in [6.07, 6.45) is 0. The van der Waals surface area contributed by atoms with Crippen molar-refractivity contribution in [2.75, 3.05) is 13.1 Å². The zero-order valence-electron chi connectivity index (χ0n) is 6.75. The van der Waals surface area contributed by atoms with Crippen molar-refractivity contribution in [3.05, 3.63) is 12.2 Å². The van der Waals surface area contributed by atoms with E-state index in [-0.39, 0.29) is 19.0 Å². The second-order valence-electron chi connectivity index (χ2n) is 2.17. The van der Waals surface area contributed by atoms with Crippen molar-refractivity contribution in [3.63, 3.8) is 0 Å². The van der Waals surface area contributed by atoms with Crippen molar-refractivity contribution >= 4 is 17.2 Å². The Hall–Kier alpha value is -0.720. The van der Waals surface area contributed by atoms with Gasteiger partial charge in [0.05, 0.1) is 0 Å². The van der Waals surface area contributed by atoms with Gasteiger partial charge < -0.3 is 9.87 Å². The summed E-state index contributed by atoms with van der Waals surface area (Å²) in [5.41, 5.74) is 0.401. The van der Waals surface area contributed by atoms with Crippen LogP contribution in [0.4, 0.5) is 0 Å². The van der Waals surface area contributed by atoms with Gasteiger partial charge >= 0.3 is 0 Å². The summed E-state index contributed by atoms with van der Waals surface area (Å²) < 4.78 is 22.0. The summed E-state index contributed by atoms with van der Waals surface area (Å²) in [6.45, 7) is 5.45. The van der Waals surface area contributed by atoms with E-state index >= 15 is 0 Å². The summed E-state index contributed by atoms with van der Waals surface area (Å²) in [6, 6.07) is 0. The molecule has 0 heterocycles. The lowest BCUT2D eigenvalue weighted by molar-refractivity contribution is -0.117. The molecule has 0 radical (unpaired) electrons. The van der Waals surface area contributed by atoms with E-state index in [1.807, 2.05) is 0 Å². The van der Waals surface area contributed by atoms with Crippen molar-refractivity contribution in [3.8, 4) is 0 Å². The summed E-state index contributed by atoms with van der Waals surface area (Å²) in [5.74, 6) is -0.270. The van der Waals surface area contributed by atoms with Crippen LogP contribution in [-0.4, -0.2) is 27.8 Å². The summed E-state index contributed by atoms with van der Waals surface area (Å²) in [5, 5.41) is 2.46. The van der Waals surface area contributed by atoms with E-state index in [1.54, 1.807) is 6.92 Å². The monoisotopic (exact) mass is 191 g/mol. The Balaban J connectivity index is 3.38. The maximum atomic E-state index is 10.8. The molecule has 1 atom stereocenters. The van der Waals surface area contributed by atoms with E-state index in [4.69, 9.17) is 0 Å². The van der Waals surface area contributed by atoms with Gasteiger partial charge in [0.1, 0.15) is 0 Å². The first-order valence-electron chi connectivity index (χ1n) is 3.30. The molecule has 0 aliphatic heterocycles. The van der Waals surface area contributed by atoms with Gasteiger partial charge in [0.2, 0.25) is 5.91 Å². The van der Waals surface area contributed by atoms with Crippen molar-refractivity contribution in [2.45, 2.75) is 6.92 Å². The number of hydrogen-bond acceptors (Lipinski definition) is 3. The lowest BCUT2D eigenvalue weighted by Crippen LogP contribution is -2.32. The highest BCUT2D eigenvalue weighted by molar-refractivity contribution is 7.77. The molecule has 1 amide bonds. The molecule has 0 fully saturated rings. The topological polar surface area (TPSA) is 81.3 Å². The van der Waals surface area contributed by atoms with Gasteiger partial charge in [0, 0.05) is 29.9 Å². The predicted molar refractivity (Wildman–Crippen MR) is 44.7 cm³/mol. The molecular weight excluding hydrogens is 180 g/mol. The van der Waals surface area contributed by atoms with Crippen LogP contribution in [0.1, 0.15) is 6.92 Å². The van der Waals surface area contributed by atoms with Crippen LogP contribution in [0.25, 0.3) is 0 Å². The Bertz CT molecular complexity index is 205. The molecule has 70 valence electrons. The maximum absolute atomic E-state index is 10.8. The molecule has 12 heavy (non-hydrogen) atoms. The van der Waals surface area contributed by atoms with Crippen LogP contribution in [0.3, 0.4) is 0 Å². The SMILES string of the molecule is C=C(C)C(=O)NCCNS(=O)[O-]. The molecule has 0 saturated carbocycles. The maximum Gasteiger partial charge on any atom is 0.246 e. The molecule has 0 saturated heterocycles. The number of hydrogen-bond donors (Lipinski definition) is 2. The summed E-state index contributed by atoms with van der Waals surface area (Å²) >= 11 is -2.26. The Morgan fingerprint density at radius 1 is 1.58 bits per heavy atom. The third kappa shape index (κ3) is 6.02. The molecule has 0 aromatic carbocycles. The number of amides is 1. The van der Waals surface area contributed by atoms with Gasteiger partial charge in [-0.15, -0.1) is 0 Å². The predicted octanol–water partition coefficient (Wildman–Crippen LogP) is -0.938. The molecule has 5 nitrogen and oxygen atoms in total. The molecule has 6 heteroatoms. The van der Waals surface area contributed by atoms with E-state index in [0.717, 1.165) is 0 Å². The number of carbonyl (C=O) groups is 1. The van der Waals surface area contributed by atoms with E-state index in [1.165, 1.54) is 0 Å². The van der Waals surface area contributed by atoms with E-state index in [9.17, 15) is 13.6 Å². The highest BCUT2D eigenvalue weighted by Crippen LogP contribution is 1.83. The fourth-order valence-corrected chi connectivity index (χ4v) is 0.730. The molecule has 0 spiro atoms. The average Bonchev–Trinajstić information content (AvgIpc) is 1.97. The van der Waals surface area contributed by atoms with Crippen LogP contribution in [-0.2, 0) is 16.1 Å². The standard InChI is InChI=1S/C6H12N2O3S/c1-5(2)6(9)7-3-4-8-12(10)11/h8H,1,3-4H2,2H3,(H,7,9)(H,10,11)/p-1. The first kappa shape index (κ1) is 11.3. The van der Waals surface area contributed by atoms with Gasteiger partial charge in [-0.1, -0.05) is 6.58 Å². The van der Waals surface area contributed by atoms with E-state index < -0.39 is 11.3 Å². The summed E-state index contributed by atoms with van der Waals surface area (Å²) in [7, 11) is 0. The average molecular weight is 191 g/mol. The number of nitrogens with one attached hydrogen (secondary N) is 2. The largest absolute Gasteiger partial charge is 0.760 e. The Morgan fingerprint density at radius 2 is 2.17 bits per heavy atom. The Labute approximate surface area is 73.6 Å². The third-order valence-electron chi connectivity index (χ3n) is 1.02. The zero-order valence-corrected chi connectivity index (χ0v) is 7.57. The molecule has 0 aromatic rings. The molecule has 1 unspecified atom stereocenters. The fraction of sp³-hybridized carbons (Fsp3) is 0.500. The quantitative estimate of drug-likeness (QED) is 0.334. The number of carbonyl (C=O) groups excluding carboxylic acids is 1. The van der Waals surface area contributed by atoms with Crippen LogP contribution in [0.2, 0.25) is 0 Å². The summed E-state index contributed by atoms with van der Waals surface area (Å²) in [4.78, 5) is 10.8. The minimum absolute atomic E-state index is 0.190. The van der Waals surface area contributed by atoms with Crippen molar-refractivity contribution in [2.24, 2.45) is 0 Å². The highest BCUT2D eigenvalue weighted by atomic mass is 32.2. The van der Waals surface area contributed by atoms with Crippen molar-refractivity contribution in [1.29, 1.82) is 0 Å². The highest BCUT2D eigenvalue weighted by Gasteiger charge is 1.98. The lowest BCUT2D eigenvalue weighted by atomic mass is 10.3. The van der Waals surface area contributed by atoms with Crippen molar-refractivity contribution in [1.82, 2.24) is 10.0 Å². The molecule has 0 rings (SSSR count). The smallest absolute Gasteiger partial charge is 0.246 e. The third-order valence-corrected chi connectivity index (χ3v) is 1.46. The van der Waals surface area contributed by atoms with Crippen LogP contribution in [0.5, 0.6) is 0 Å². The van der Waals surface area contributed by atoms with Crippen LogP contribution >= 0.6 is 0 Å². The van der Waals surface area contributed by atoms with Crippen LogP contribution in [0.15, 0.2) is 12.2 Å². The Kier molecular flexibility index (Phi) is 5.52. The van der Waals surface area contributed by atoms with Crippen LogP contribution < -0.4 is 10.0 Å². The minimum atomic E-state index is -2.26. The molecule has 0 bridgehead atoms. The molecule has 2 N–H and O–H groups in total. The normalized spacial score (nSPS) is 12.2. The van der Waals surface area contributed by atoms with Gasteiger partial charge in [-0.05, 0) is 6.92 Å². The van der Waals surface area contributed by atoms with Crippen LogP contribution in [0, 0.1) is 0 Å². The molecular formula is C6H11N2O3S-. The van der Waals surface area contributed by atoms with Crippen molar-refractivity contribution < 1.29 is 13.6 Å². The van der Waals surface area contributed by atoms with Gasteiger partial charge in [0.25, 0.3) is 0 Å². The zero-order chi connectivity index (χ0) is 9.56. The van der Waals surface area contributed by atoms with Gasteiger partial charge in [-0.2, -0.15) is 0 Å². The lowest BCUT2D eigenvalue weighted by Gasteiger charge is -2.07.